The molecule has 0 aliphatic rings. The summed E-state index contributed by atoms with van der Waals surface area (Å²) < 4.78 is 14.1. The smallest absolute Gasteiger partial charge is 0.277 e. The molecule has 39 heavy (non-hydrogen) atoms. The number of nitrogens with zero attached hydrogens (tertiary/aromatic N) is 3. The highest BCUT2D eigenvalue weighted by Gasteiger charge is 2.12. The predicted molar refractivity (Wildman–Crippen MR) is 158 cm³/mol. The summed E-state index contributed by atoms with van der Waals surface area (Å²) in [6, 6.07) is 29.4. The van der Waals surface area contributed by atoms with E-state index < -0.39 is 0 Å². The van der Waals surface area contributed by atoms with Crippen LogP contribution in [-0.2, 0) is 4.79 Å². The Labute approximate surface area is 235 Å². The zero-order chi connectivity index (χ0) is 27.0. The van der Waals surface area contributed by atoms with Crippen molar-refractivity contribution in [2.75, 3.05) is 13.2 Å². The summed E-state index contributed by atoms with van der Waals surface area (Å²) in [6.45, 7) is 2.56. The molecule has 5 rings (SSSR count). The molecule has 0 aliphatic carbocycles. The Hall–Kier alpha value is -4.43. The molecule has 0 saturated heterocycles. The van der Waals surface area contributed by atoms with Crippen LogP contribution >= 0.6 is 15.9 Å². The SMILES string of the molecule is CCCOc1ccc(-c2nn(-c3ccccc3)cc2C=NNC(=O)COc2ccc3ccccc3c2Br)cc1. The van der Waals surface area contributed by atoms with E-state index >= 15 is 0 Å². The van der Waals surface area contributed by atoms with E-state index in [0.717, 1.165) is 49.9 Å². The van der Waals surface area contributed by atoms with Gasteiger partial charge in [-0.15, -0.1) is 0 Å². The molecule has 5 aromatic rings. The maximum Gasteiger partial charge on any atom is 0.277 e. The average molecular weight is 583 g/mol. The van der Waals surface area contributed by atoms with Crippen molar-refractivity contribution in [3.63, 3.8) is 0 Å². The third kappa shape index (κ3) is 6.35. The molecule has 7 nitrogen and oxygen atoms in total. The Morgan fingerprint density at radius 3 is 2.54 bits per heavy atom. The van der Waals surface area contributed by atoms with Gasteiger partial charge in [0, 0.05) is 17.3 Å². The first kappa shape index (κ1) is 26.2. The van der Waals surface area contributed by atoms with E-state index in [-0.39, 0.29) is 12.5 Å². The van der Waals surface area contributed by atoms with Crippen molar-refractivity contribution >= 4 is 38.8 Å². The highest BCUT2D eigenvalue weighted by Crippen LogP contribution is 2.33. The highest BCUT2D eigenvalue weighted by atomic mass is 79.9. The number of fused-ring (bicyclic) bond motifs is 1. The zero-order valence-electron chi connectivity index (χ0n) is 21.4. The van der Waals surface area contributed by atoms with Crippen molar-refractivity contribution in [3.8, 4) is 28.4 Å². The maximum atomic E-state index is 12.5. The lowest BCUT2D eigenvalue weighted by Gasteiger charge is -2.09. The number of benzene rings is 4. The van der Waals surface area contributed by atoms with Crippen LogP contribution in [0.4, 0.5) is 0 Å². The number of amides is 1. The fourth-order valence-electron chi connectivity index (χ4n) is 4.02. The van der Waals surface area contributed by atoms with Gasteiger partial charge in [0.2, 0.25) is 0 Å². The molecule has 0 aliphatic heterocycles. The molecule has 1 N–H and O–H groups in total. The van der Waals surface area contributed by atoms with Crippen LogP contribution in [0.3, 0.4) is 0 Å². The Kier molecular flexibility index (Phi) is 8.33. The normalized spacial score (nSPS) is 11.1. The molecule has 0 unspecified atom stereocenters. The lowest BCUT2D eigenvalue weighted by molar-refractivity contribution is -0.123. The molecule has 196 valence electrons. The minimum absolute atomic E-state index is 0.177. The van der Waals surface area contributed by atoms with Crippen LogP contribution < -0.4 is 14.9 Å². The second-order valence-electron chi connectivity index (χ2n) is 8.77. The van der Waals surface area contributed by atoms with E-state index in [2.05, 4.69) is 33.4 Å². The number of aromatic nitrogens is 2. The lowest BCUT2D eigenvalue weighted by Crippen LogP contribution is -2.24. The minimum Gasteiger partial charge on any atom is -0.494 e. The maximum absolute atomic E-state index is 12.5. The molecule has 8 heteroatoms. The number of rotatable bonds is 10. The van der Waals surface area contributed by atoms with Crippen molar-refractivity contribution in [1.29, 1.82) is 0 Å². The summed E-state index contributed by atoms with van der Waals surface area (Å²) in [5, 5.41) is 11.1. The van der Waals surface area contributed by atoms with Crippen LogP contribution in [0.25, 0.3) is 27.7 Å². The first-order valence-electron chi connectivity index (χ1n) is 12.6. The van der Waals surface area contributed by atoms with Gasteiger partial charge in [-0.2, -0.15) is 10.2 Å². The van der Waals surface area contributed by atoms with Gasteiger partial charge in [-0.3, -0.25) is 4.79 Å². The monoisotopic (exact) mass is 582 g/mol. The average Bonchev–Trinajstić information content (AvgIpc) is 3.41. The summed E-state index contributed by atoms with van der Waals surface area (Å²) in [7, 11) is 0. The van der Waals surface area contributed by atoms with E-state index in [0.29, 0.717) is 12.4 Å². The number of para-hydroxylation sites is 1. The van der Waals surface area contributed by atoms with Crippen LogP contribution in [0.5, 0.6) is 11.5 Å². The summed E-state index contributed by atoms with van der Waals surface area (Å²) >= 11 is 3.58. The van der Waals surface area contributed by atoms with Crippen LogP contribution in [0.1, 0.15) is 18.9 Å². The van der Waals surface area contributed by atoms with E-state index in [1.165, 1.54) is 0 Å². The Bertz CT molecular complexity index is 1600. The van der Waals surface area contributed by atoms with Crippen molar-refractivity contribution in [3.05, 3.63) is 107 Å². The Morgan fingerprint density at radius 2 is 1.74 bits per heavy atom. The molecule has 0 atom stereocenters. The second-order valence-corrected chi connectivity index (χ2v) is 9.56. The molecule has 0 radical (unpaired) electrons. The number of ether oxygens (including phenoxy) is 2. The van der Waals surface area contributed by atoms with Gasteiger partial charge >= 0.3 is 0 Å². The fraction of sp³-hybridized carbons (Fsp3) is 0.129. The zero-order valence-corrected chi connectivity index (χ0v) is 23.0. The largest absolute Gasteiger partial charge is 0.494 e. The van der Waals surface area contributed by atoms with E-state index in [1.807, 2.05) is 97.2 Å². The molecule has 0 spiro atoms. The number of halogens is 1. The number of nitrogens with one attached hydrogen (secondary N) is 1. The molecule has 4 aromatic carbocycles. The second kappa shape index (κ2) is 12.4. The van der Waals surface area contributed by atoms with Gasteiger partial charge in [0.05, 0.1) is 23.0 Å². The first-order valence-corrected chi connectivity index (χ1v) is 13.4. The minimum atomic E-state index is -0.374. The van der Waals surface area contributed by atoms with Gasteiger partial charge in [-0.25, -0.2) is 10.1 Å². The van der Waals surface area contributed by atoms with Gasteiger partial charge in [-0.1, -0.05) is 55.5 Å². The van der Waals surface area contributed by atoms with Gasteiger partial charge in [-0.05, 0) is 75.6 Å². The van der Waals surface area contributed by atoms with Crippen LogP contribution in [0.2, 0.25) is 0 Å². The standard InChI is InChI=1S/C31H27BrN4O3/c1-2-18-38-26-15-12-23(13-16-26)31-24(20-36(35-31)25-9-4-3-5-10-25)19-33-34-29(37)21-39-28-17-14-22-8-6-7-11-27(22)30(28)32/h3-17,19-20H,2,18,21H2,1H3,(H,34,37). The molecule has 1 amide bonds. The molecular weight excluding hydrogens is 556 g/mol. The number of hydrazone groups is 1. The molecular formula is C31H27BrN4O3. The molecule has 1 heterocycles. The number of carbonyl (C=O) groups excluding carboxylic acids is 1. The van der Waals surface area contributed by atoms with Gasteiger partial charge in [0.25, 0.3) is 5.91 Å². The highest BCUT2D eigenvalue weighted by molar-refractivity contribution is 9.10. The third-order valence-corrected chi connectivity index (χ3v) is 6.76. The van der Waals surface area contributed by atoms with Crippen molar-refractivity contribution < 1.29 is 14.3 Å². The Morgan fingerprint density at radius 1 is 0.974 bits per heavy atom. The summed E-state index contributed by atoms with van der Waals surface area (Å²) in [4.78, 5) is 12.5. The quantitative estimate of drug-likeness (QED) is 0.145. The Balaban J connectivity index is 1.30. The van der Waals surface area contributed by atoms with Crippen LogP contribution in [-0.4, -0.2) is 35.1 Å². The summed E-state index contributed by atoms with van der Waals surface area (Å²) in [5.41, 5.74) is 5.86. The van der Waals surface area contributed by atoms with E-state index in [9.17, 15) is 4.79 Å². The summed E-state index contributed by atoms with van der Waals surface area (Å²) in [5.74, 6) is 1.02. The predicted octanol–water partition coefficient (Wildman–Crippen LogP) is 6.77. The van der Waals surface area contributed by atoms with Crippen LogP contribution in [0.15, 0.2) is 107 Å². The molecule has 1 aromatic heterocycles. The van der Waals surface area contributed by atoms with Crippen molar-refractivity contribution in [1.82, 2.24) is 15.2 Å². The first-order chi connectivity index (χ1) is 19.1. The van der Waals surface area contributed by atoms with Crippen LogP contribution in [0, 0.1) is 0 Å². The third-order valence-electron chi connectivity index (χ3n) is 5.94. The van der Waals surface area contributed by atoms with Gasteiger partial charge < -0.3 is 9.47 Å². The molecule has 0 bridgehead atoms. The molecule has 0 saturated carbocycles. The van der Waals surface area contributed by atoms with Gasteiger partial charge in [0.1, 0.15) is 17.2 Å². The number of hydrogen-bond donors (Lipinski definition) is 1. The number of carbonyl (C=O) groups is 1. The molecule has 0 fully saturated rings. The number of hydrogen-bond acceptors (Lipinski definition) is 5. The van der Waals surface area contributed by atoms with Crippen molar-refractivity contribution in [2.45, 2.75) is 13.3 Å². The van der Waals surface area contributed by atoms with Gasteiger partial charge in [0.15, 0.2) is 6.61 Å². The fourth-order valence-corrected chi connectivity index (χ4v) is 4.63. The van der Waals surface area contributed by atoms with E-state index in [4.69, 9.17) is 14.6 Å². The summed E-state index contributed by atoms with van der Waals surface area (Å²) in [6.07, 6.45) is 4.41. The van der Waals surface area contributed by atoms with Crippen molar-refractivity contribution in [2.24, 2.45) is 5.10 Å². The van der Waals surface area contributed by atoms with E-state index in [1.54, 1.807) is 10.9 Å². The lowest BCUT2D eigenvalue weighted by atomic mass is 10.1. The topological polar surface area (TPSA) is 77.7 Å².